The van der Waals surface area contributed by atoms with Crippen LogP contribution in [-0.4, -0.2) is 31.8 Å². The Morgan fingerprint density at radius 2 is 1.83 bits per heavy atom. The Bertz CT molecular complexity index is 733. The standard InChI is InChI=1S/C20H25NO3/c1-20(2,15-10-12-21-13-11-15)24-19(22)18-16-7-5-4-6-14(16)8-9-17(18)23-3/h4-9,15,21H,10-13H2,1-3H3. The monoisotopic (exact) mass is 327 g/mol. The maximum Gasteiger partial charge on any atom is 0.343 e. The summed E-state index contributed by atoms with van der Waals surface area (Å²) in [6.07, 6.45) is 2.04. The zero-order chi connectivity index (χ0) is 17.2. The van der Waals surface area contributed by atoms with Crippen LogP contribution in [0.25, 0.3) is 10.8 Å². The van der Waals surface area contributed by atoms with Crippen LogP contribution in [-0.2, 0) is 4.74 Å². The molecular weight excluding hydrogens is 302 g/mol. The molecule has 1 heterocycles. The van der Waals surface area contributed by atoms with Gasteiger partial charge in [-0.3, -0.25) is 0 Å². The summed E-state index contributed by atoms with van der Waals surface area (Å²) in [7, 11) is 1.58. The van der Waals surface area contributed by atoms with Gasteiger partial charge in [0.15, 0.2) is 0 Å². The van der Waals surface area contributed by atoms with E-state index in [1.807, 2.05) is 50.2 Å². The highest BCUT2D eigenvalue weighted by Gasteiger charge is 2.35. The molecule has 1 fully saturated rings. The minimum Gasteiger partial charge on any atom is -0.496 e. The number of benzene rings is 2. The number of esters is 1. The molecule has 0 aromatic heterocycles. The number of carbonyl (C=O) groups is 1. The second-order valence-corrected chi connectivity index (χ2v) is 6.88. The highest BCUT2D eigenvalue weighted by molar-refractivity contribution is 6.07. The van der Waals surface area contributed by atoms with Crippen molar-refractivity contribution < 1.29 is 14.3 Å². The predicted molar refractivity (Wildman–Crippen MR) is 95.6 cm³/mol. The zero-order valence-electron chi connectivity index (χ0n) is 14.6. The van der Waals surface area contributed by atoms with Crippen LogP contribution in [0.4, 0.5) is 0 Å². The maximum absolute atomic E-state index is 13.0. The summed E-state index contributed by atoms with van der Waals surface area (Å²) < 4.78 is 11.4. The van der Waals surface area contributed by atoms with Gasteiger partial charge in [-0.25, -0.2) is 4.79 Å². The van der Waals surface area contributed by atoms with E-state index in [2.05, 4.69) is 5.32 Å². The van der Waals surface area contributed by atoms with Gasteiger partial charge in [-0.1, -0.05) is 30.3 Å². The third-order valence-electron chi connectivity index (χ3n) is 4.99. The largest absolute Gasteiger partial charge is 0.496 e. The molecule has 0 spiro atoms. The fourth-order valence-electron chi connectivity index (χ4n) is 3.52. The molecule has 2 aromatic rings. The molecule has 1 saturated heterocycles. The van der Waals surface area contributed by atoms with Gasteiger partial charge < -0.3 is 14.8 Å². The first-order chi connectivity index (χ1) is 11.5. The number of hydrogen-bond donors (Lipinski definition) is 1. The van der Waals surface area contributed by atoms with Crippen molar-refractivity contribution in [2.45, 2.75) is 32.3 Å². The van der Waals surface area contributed by atoms with E-state index in [-0.39, 0.29) is 5.97 Å². The summed E-state index contributed by atoms with van der Waals surface area (Å²) in [6.45, 7) is 5.98. The second-order valence-electron chi connectivity index (χ2n) is 6.88. The van der Waals surface area contributed by atoms with Crippen molar-refractivity contribution in [2.75, 3.05) is 20.2 Å². The predicted octanol–water partition coefficient (Wildman–Crippen LogP) is 3.78. The lowest BCUT2D eigenvalue weighted by molar-refractivity contribution is -0.0368. The molecule has 3 rings (SSSR count). The van der Waals surface area contributed by atoms with Crippen LogP contribution in [0.3, 0.4) is 0 Å². The molecule has 0 atom stereocenters. The van der Waals surface area contributed by atoms with E-state index >= 15 is 0 Å². The SMILES string of the molecule is COc1ccc2ccccc2c1C(=O)OC(C)(C)C1CCNCC1. The Balaban J connectivity index is 1.93. The van der Waals surface area contributed by atoms with Crippen LogP contribution in [0.15, 0.2) is 36.4 Å². The van der Waals surface area contributed by atoms with E-state index in [1.54, 1.807) is 7.11 Å². The lowest BCUT2D eigenvalue weighted by atomic mass is 9.83. The van der Waals surface area contributed by atoms with Gasteiger partial charge in [0.2, 0.25) is 0 Å². The molecule has 4 heteroatoms. The van der Waals surface area contributed by atoms with Gasteiger partial charge in [-0.05, 0) is 56.6 Å². The van der Waals surface area contributed by atoms with Gasteiger partial charge in [-0.15, -0.1) is 0 Å². The normalized spacial score (nSPS) is 16.1. The van der Waals surface area contributed by atoms with Crippen molar-refractivity contribution in [3.8, 4) is 5.75 Å². The summed E-state index contributed by atoms with van der Waals surface area (Å²) in [5, 5.41) is 5.22. The number of fused-ring (bicyclic) bond motifs is 1. The second kappa shape index (κ2) is 6.81. The summed E-state index contributed by atoms with van der Waals surface area (Å²) >= 11 is 0. The molecule has 1 aliphatic heterocycles. The van der Waals surface area contributed by atoms with Crippen molar-refractivity contribution in [3.05, 3.63) is 42.0 Å². The molecule has 1 N–H and O–H groups in total. The van der Waals surface area contributed by atoms with E-state index in [1.165, 1.54) is 0 Å². The molecule has 24 heavy (non-hydrogen) atoms. The van der Waals surface area contributed by atoms with Gasteiger partial charge in [0.1, 0.15) is 16.9 Å². The fourth-order valence-corrected chi connectivity index (χ4v) is 3.52. The van der Waals surface area contributed by atoms with Crippen molar-refractivity contribution in [1.29, 1.82) is 0 Å². The molecular formula is C20H25NO3. The number of methoxy groups -OCH3 is 1. The van der Waals surface area contributed by atoms with E-state index in [0.29, 0.717) is 17.2 Å². The fraction of sp³-hybridized carbons (Fsp3) is 0.450. The number of ether oxygens (including phenoxy) is 2. The van der Waals surface area contributed by atoms with Crippen molar-refractivity contribution in [3.63, 3.8) is 0 Å². The topological polar surface area (TPSA) is 47.6 Å². The van der Waals surface area contributed by atoms with Crippen LogP contribution in [0, 0.1) is 5.92 Å². The minimum atomic E-state index is -0.499. The van der Waals surface area contributed by atoms with Gasteiger partial charge in [0.05, 0.1) is 7.11 Å². The lowest BCUT2D eigenvalue weighted by Gasteiger charge is -2.36. The van der Waals surface area contributed by atoms with Gasteiger partial charge in [0.25, 0.3) is 0 Å². The third kappa shape index (κ3) is 3.24. The summed E-state index contributed by atoms with van der Waals surface area (Å²) in [6, 6.07) is 11.6. The van der Waals surface area contributed by atoms with Crippen molar-refractivity contribution >= 4 is 16.7 Å². The van der Waals surface area contributed by atoms with Crippen LogP contribution >= 0.6 is 0 Å². The molecule has 0 aliphatic carbocycles. The highest BCUT2D eigenvalue weighted by Crippen LogP contribution is 2.33. The Morgan fingerprint density at radius 1 is 1.12 bits per heavy atom. The van der Waals surface area contributed by atoms with Crippen molar-refractivity contribution in [2.24, 2.45) is 5.92 Å². The Morgan fingerprint density at radius 3 is 2.54 bits per heavy atom. The third-order valence-corrected chi connectivity index (χ3v) is 4.99. The maximum atomic E-state index is 13.0. The van der Waals surface area contributed by atoms with Gasteiger partial charge in [-0.2, -0.15) is 0 Å². The molecule has 0 saturated carbocycles. The Labute approximate surface area is 143 Å². The quantitative estimate of drug-likeness (QED) is 0.868. The molecule has 0 radical (unpaired) electrons. The zero-order valence-corrected chi connectivity index (χ0v) is 14.6. The van der Waals surface area contributed by atoms with E-state index < -0.39 is 5.60 Å². The number of nitrogens with one attached hydrogen (secondary N) is 1. The molecule has 2 aromatic carbocycles. The summed E-state index contributed by atoms with van der Waals surface area (Å²) in [4.78, 5) is 13.0. The number of carbonyl (C=O) groups excluding carboxylic acids is 1. The first kappa shape index (κ1) is 16.8. The highest BCUT2D eigenvalue weighted by atomic mass is 16.6. The molecule has 0 amide bonds. The van der Waals surface area contributed by atoms with Crippen LogP contribution in [0.2, 0.25) is 0 Å². The summed E-state index contributed by atoms with van der Waals surface area (Å²) in [5.41, 5.74) is 0.0128. The minimum absolute atomic E-state index is 0.313. The Kier molecular flexibility index (Phi) is 4.76. The van der Waals surface area contributed by atoms with Gasteiger partial charge in [0, 0.05) is 5.92 Å². The van der Waals surface area contributed by atoms with Crippen LogP contribution in [0.1, 0.15) is 37.0 Å². The molecule has 0 bridgehead atoms. The molecule has 128 valence electrons. The average molecular weight is 327 g/mol. The van der Waals surface area contributed by atoms with Crippen LogP contribution < -0.4 is 10.1 Å². The van der Waals surface area contributed by atoms with Gasteiger partial charge >= 0.3 is 5.97 Å². The first-order valence-electron chi connectivity index (χ1n) is 8.53. The molecule has 1 aliphatic rings. The van der Waals surface area contributed by atoms with E-state index in [0.717, 1.165) is 36.7 Å². The number of rotatable bonds is 4. The van der Waals surface area contributed by atoms with E-state index in [4.69, 9.17) is 9.47 Å². The lowest BCUT2D eigenvalue weighted by Crippen LogP contribution is -2.42. The first-order valence-corrected chi connectivity index (χ1v) is 8.53. The van der Waals surface area contributed by atoms with Crippen molar-refractivity contribution in [1.82, 2.24) is 5.32 Å². The number of piperidine rings is 1. The molecule has 0 unspecified atom stereocenters. The van der Waals surface area contributed by atoms with Crippen LogP contribution in [0.5, 0.6) is 5.75 Å². The smallest absolute Gasteiger partial charge is 0.343 e. The Hall–Kier alpha value is -2.07. The average Bonchev–Trinajstić information content (AvgIpc) is 2.61. The molecule has 4 nitrogen and oxygen atoms in total. The number of hydrogen-bond acceptors (Lipinski definition) is 4. The summed E-state index contributed by atoms with van der Waals surface area (Å²) in [5.74, 6) is 0.607. The van der Waals surface area contributed by atoms with E-state index in [9.17, 15) is 4.79 Å².